The molecule has 0 saturated carbocycles. The van der Waals surface area contributed by atoms with Crippen molar-refractivity contribution in [2.24, 2.45) is 0 Å². The summed E-state index contributed by atoms with van der Waals surface area (Å²) in [5.41, 5.74) is -1.51. The van der Waals surface area contributed by atoms with E-state index in [2.05, 4.69) is 20.4 Å². The number of ether oxygens (including phenoxy) is 2. The Morgan fingerprint density at radius 2 is 1.77 bits per heavy atom. The number of imidazole rings is 1. The van der Waals surface area contributed by atoms with Crippen LogP contribution < -0.4 is 15.4 Å². The van der Waals surface area contributed by atoms with Crippen LogP contribution in [0, 0.1) is 18.6 Å². The Morgan fingerprint density at radius 1 is 1.12 bits per heavy atom. The van der Waals surface area contributed by atoms with Gasteiger partial charge in [-0.1, -0.05) is 13.0 Å². The average Bonchev–Trinajstić information content (AvgIpc) is 3.22. The first-order valence-electron chi connectivity index (χ1n) is 11.7. The lowest BCUT2D eigenvalue weighted by Gasteiger charge is -2.29. The third kappa shape index (κ3) is 6.82. The largest absolute Gasteiger partial charge is 0.491 e. The van der Waals surface area contributed by atoms with E-state index in [1.807, 2.05) is 0 Å². The lowest BCUT2D eigenvalue weighted by Crippen LogP contribution is -2.54. The zero-order chi connectivity index (χ0) is 29.8. The minimum Gasteiger partial charge on any atom is -0.485 e. The number of hydrogen-bond acceptors (Lipinski definition) is 6. The fourth-order valence-electron chi connectivity index (χ4n) is 3.59. The van der Waals surface area contributed by atoms with Gasteiger partial charge < -0.3 is 20.1 Å². The molecule has 0 aliphatic rings. The molecular formula is C25H24F6N4O5. The molecule has 2 N–H and O–H groups in total. The number of carbonyl (C=O) groups is 3. The number of alkyl carbamates (subject to hydrolysis) is 1. The topological polar surface area (TPSA) is 111 Å². The lowest BCUT2D eigenvalue weighted by molar-refractivity contribution is -0.193. The predicted molar refractivity (Wildman–Crippen MR) is 127 cm³/mol. The van der Waals surface area contributed by atoms with Crippen LogP contribution in [0.1, 0.15) is 47.6 Å². The van der Waals surface area contributed by atoms with Crippen molar-refractivity contribution in [1.29, 1.82) is 0 Å². The molecule has 0 saturated heterocycles. The highest BCUT2D eigenvalue weighted by Gasteiger charge is 2.43. The number of hydrogen-bond donors (Lipinski definition) is 2. The van der Waals surface area contributed by atoms with Gasteiger partial charge in [0.15, 0.2) is 11.4 Å². The highest BCUT2D eigenvalue weighted by Crippen LogP contribution is 2.27. The molecule has 3 aromatic rings. The van der Waals surface area contributed by atoms with Crippen molar-refractivity contribution in [3.05, 3.63) is 64.6 Å². The van der Waals surface area contributed by atoms with Gasteiger partial charge in [-0.2, -0.15) is 13.2 Å². The van der Waals surface area contributed by atoms with Gasteiger partial charge in [0, 0.05) is 18.3 Å². The first kappa shape index (κ1) is 30.2. The van der Waals surface area contributed by atoms with Crippen molar-refractivity contribution in [3.8, 4) is 5.75 Å². The van der Waals surface area contributed by atoms with E-state index < -0.39 is 54.6 Å². The second-order valence-electron chi connectivity index (χ2n) is 8.97. The Hall–Kier alpha value is -4.30. The molecule has 1 atom stereocenters. The Bertz CT molecular complexity index is 1420. The number of esters is 1. The first-order chi connectivity index (χ1) is 18.7. The van der Waals surface area contributed by atoms with E-state index in [0.717, 1.165) is 12.1 Å². The van der Waals surface area contributed by atoms with Crippen LogP contribution >= 0.6 is 0 Å². The molecule has 1 unspecified atom stereocenters. The molecule has 0 spiro atoms. The van der Waals surface area contributed by atoms with Gasteiger partial charge in [0.05, 0.1) is 16.8 Å². The van der Waals surface area contributed by atoms with Gasteiger partial charge in [-0.05, 0) is 38.5 Å². The molecule has 216 valence electrons. The van der Waals surface area contributed by atoms with E-state index in [1.54, 1.807) is 6.92 Å². The molecule has 15 heteroatoms. The summed E-state index contributed by atoms with van der Waals surface area (Å²) in [5.74, 6) is -5.22. The summed E-state index contributed by atoms with van der Waals surface area (Å²) in [6.07, 6.45) is -5.66. The first-order valence-corrected chi connectivity index (χ1v) is 11.7. The molecule has 1 aromatic carbocycles. The minimum absolute atomic E-state index is 0.0437. The quantitative estimate of drug-likeness (QED) is 0.218. The molecule has 2 heterocycles. The third-order valence-electron chi connectivity index (χ3n) is 5.96. The van der Waals surface area contributed by atoms with E-state index in [0.29, 0.717) is 0 Å². The number of alkyl halides is 4. The van der Waals surface area contributed by atoms with Crippen molar-refractivity contribution in [2.45, 2.75) is 52.2 Å². The fraction of sp³-hybridized carbons (Fsp3) is 0.360. The molecule has 40 heavy (non-hydrogen) atoms. The number of nitrogens with zero attached hydrogens (tertiary/aromatic N) is 2. The number of fused-ring (bicyclic) bond motifs is 1. The highest BCUT2D eigenvalue weighted by molar-refractivity contribution is 5.95. The van der Waals surface area contributed by atoms with Crippen LogP contribution in [0.25, 0.3) is 5.65 Å². The van der Waals surface area contributed by atoms with Crippen LogP contribution in [-0.4, -0.2) is 45.6 Å². The lowest BCUT2D eigenvalue weighted by atomic mass is 9.99. The summed E-state index contributed by atoms with van der Waals surface area (Å²) >= 11 is 0. The number of nitrogens with one attached hydrogen (secondary N) is 2. The molecule has 0 bridgehead atoms. The molecular weight excluding hydrogens is 550 g/mol. The van der Waals surface area contributed by atoms with Gasteiger partial charge in [-0.3, -0.25) is 9.20 Å². The van der Waals surface area contributed by atoms with Crippen LogP contribution in [0.2, 0.25) is 0 Å². The summed E-state index contributed by atoms with van der Waals surface area (Å²) in [5, 5.41) is 4.63. The van der Waals surface area contributed by atoms with Crippen molar-refractivity contribution in [1.82, 2.24) is 20.0 Å². The van der Waals surface area contributed by atoms with Crippen molar-refractivity contribution in [2.75, 3.05) is 6.54 Å². The fourth-order valence-corrected chi connectivity index (χ4v) is 3.59. The molecule has 9 nitrogen and oxygen atoms in total. The van der Waals surface area contributed by atoms with Gasteiger partial charge in [0.1, 0.15) is 30.6 Å². The third-order valence-corrected chi connectivity index (χ3v) is 5.96. The number of carbonyl (C=O) groups excluding carboxylic acids is 3. The second kappa shape index (κ2) is 11.8. The normalized spacial score (nSPS) is 13.0. The van der Waals surface area contributed by atoms with Crippen LogP contribution in [0.15, 0.2) is 30.5 Å². The number of benzene rings is 1. The molecule has 0 aliphatic heterocycles. The van der Waals surface area contributed by atoms with Crippen molar-refractivity contribution >= 4 is 23.6 Å². The number of aromatic nitrogens is 2. The summed E-state index contributed by atoms with van der Waals surface area (Å²) < 4.78 is 89.3. The van der Waals surface area contributed by atoms with Crippen molar-refractivity contribution < 1.29 is 50.2 Å². The average molecular weight is 574 g/mol. The maximum absolute atomic E-state index is 14.0. The monoisotopic (exact) mass is 574 g/mol. The Kier molecular flexibility index (Phi) is 8.95. The highest BCUT2D eigenvalue weighted by atomic mass is 19.4. The second-order valence-corrected chi connectivity index (χ2v) is 8.97. The molecule has 0 aliphatic carbocycles. The van der Waals surface area contributed by atoms with Crippen LogP contribution in [0.5, 0.6) is 5.75 Å². The smallest absolute Gasteiger partial charge is 0.485 e. The summed E-state index contributed by atoms with van der Waals surface area (Å²) in [6, 6.07) is 4.55. The van der Waals surface area contributed by atoms with Gasteiger partial charge in [-0.25, -0.2) is 27.7 Å². The summed E-state index contributed by atoms with van der Waals surface area (Å²) in [6.45, 7) is 2.58. The van der Waals surface area contributed by atoms with Crippen LogP contribution in [0.4, 0.5) is 31.1 Å². The Labute approximate surface area is 223 Å². The van der Waals surface area contributed by atoms with Gasteiger partial charge in [0.2, 0.25) is 0 Å². The van der Waals surface area contributed by atoms with Crippen molar-refractivity contribution in [3.63, 3.8) is 0 Å². The standard InChI is InChI=1S/C25H24F6N4O5/c1-4-24(3,34-23(38)40-22(37)25(29,30)31)12-32-21(36)19-13(2)33-20-18(8-14(9-26)10-35(19)20)39-11-15-16(27)6-5-7-17(15)28/h5-8,10H,4,9,11-12H2,1-3H3,(H,32,36)(H,34,38). The van der Waals surface area contributed by atoms with Gasteiger partial charge in [-0.15, -0.1) is 0 Å². The zero-order valence-electron chi connectivity index (χ0n) is 21.4. The van der Waals surface area contributed by atoms with Crippen LogP contribution in [0.3, 0.4) is 0 Å². The minimum atomic E-state index is -5.38. The maximum Gasteiger partial charge on any atom is 0.491 e. The molecule has 3 rings (SSSR count). The van der Waals surface area contributed by atoms with Gasteiger partial charge >= 0.3 is 18.2 Å². The maximum atomic E-state index is 14.0. The van der Waals surface area contributed by atoms with Gasteiger partial charge in [0.25, 0.3) is 5.91 Å². The molecule has 2 aromatic heterocycles. The van der Waals surface area contributed by atoms with E-state index in [9.17, 15) is 40.7 Å². The molecule has 0 radical (unpaired) electrons. The van der Waals surface area contributed by atoms with E-state index in [4.69, 9.17) is 4.74 Å². The predicted octanol–water partition coefficient (Wildman–Crippen LogP) is 4.68. The van der Waals surface area contributed by atoms with E-state index in [-0.39, 0.29) is 46.9 Å². The molecule has 0 fully saturated rings. The number of pyridine rings is 1. The number of rotatable bonds is 9. The summed E-state index contributed by atoms with van der Waals surface area (Å²) in [7, 11) is 0. The Morgan fingerprint density at radius 3 is 2.35 bits per heavy atom. The molecule has 2 amide bonds. The van der Waals surface area contributed by atoms with E-state index in [1.165, 1.54) is 36.6 Å². The zero-order valence-corrected chi connectivity index (χ0v) is 21.4. The summed E-state index contributed by atoms with van der Waals surface area (Å²) in [4.78, 5) is 40.1. The van der Waals surface area contributed by atoms with Crippen LogP contribution in [-0.2, 0) is 22.8 Å². The number of amides is 2. The number of aryl methyl sites for hydroxylation is 1. The SMILES string of the molecule is CCC(C)(CNC(=O)c1c(C)nc2c(OCc3c(F)cccc3F)cc(CF)cn12)NC(=O)OC(=O)C(F)(F)F. The van der Waals surface area contributed by atoms with E-state index >= 15 is 0 Å². The Balaban J connectivity index is 1.82. The number of halogens is 6.